The van der Waals surface area contributed by atoms with Crippen molar-refractivity contribution in [3.05, 3.63) is 88.0 Å². The molecule has 0 saturated heterocycles. The highest BCUT2D eigenvalue weighted by Crippen LogP contribution is 2.36. The third-order valence-corrected chi connectivity index (χ3v) is 7.53. The van der Waals surface area contributed by atoms with E-state index in [0.29, 0.717) is 36.5 Å². The molecule has 1 aliphatic heterocycles. The van der Waals surface area contributed by atoms with Crippen LogP contribution in [0, 0.1) is 0 Å². The van der Waals surface area contributed by atoms with Gasteiger partial charge in [0.15, 0.2) is 0 Å². The SMILES string of the molecule is CCOC(=O)CC(c1ccc2c(c1)CN(C(=O)c1ccc(CC)cc1)CC2)c1cc(OC)c2c(c1)nnn2C. The summed E-state index contributed by atoms with van der Waals surface area (Å²) in [6.07, 6.45) is 1.90. The van der Waals surface area contributed by atoms with Crippen LogP contribution < -0.4 is 4.74 Å². The van der Waals surface area contributed by atoms with Crippen molar-refractivity contribution in [2.24, 2.45) is 7.05 Å². The summed E-state index contributed by atoms with van der Waals surface area (Å²) in [6, 6.07) is 18.1. The van der Waals surface area contributed by atoms with Gasteiger partial charge in [0.1, 0.15) is 16.8 Å². The number of amides is 1. The van der Waals surface area contributed by atoms with Gasteiger partial charge in [-0.25, -0.2) is 4.68 Å². The van der Waals surface area contributed by atoms with Gasteiger partial charge in [-0.15, -0.1) is 5.10 Å². The number of aromatic nitrogens is 3. The lowest BCUT2D eigenvalue weighted by Gasteiger charge is -2.30. The molecule has 1 unspecified atom stereocenters. The van der Waals surface area contributed by atoms with Gasteiger partial charge >= 0.3 is 5.97 Å². The summed E-state index contributed by atoms with van der Waals surface area (Å²) < 4.78 is 12.7. The molecule has 1 aromatic heterocycles. The zero-order chi connectivity index (χ0) is 27.5. The second kappa shape index (κ2) is 11.3. The number of ether oxygens (including phenoxy) is 2. The van der Waals surface area contributed by atoms with E-state index in [1.54, 1.807) is 11.8 Å². The van der Waals surface area contributed by atoms with Gasteiger partial charge in [0.2, 0.25) is 0 Å². The van der Waals surface area contributed by atoms with Crippen LogP contribution in [0.15, 0.2) is 54.6 Å². The van der Waals surface area contributed by atoms with Crippen LogP contribution in [0.3, 0.4) is 0 Å². The molecule has 0 saturated carbocycles. The standard InChI is InChI=1S/C31H34N4O4/c1-5-20-7-9-22(10-8-20)31(37)35-14-13-21-11-12-23(15-25(21)19-35)26(18-29(36)39-6-2)24-16-27-30(28(17-24)38-4)34(3)33-32-27/h7-12,15-17,26H,5-6,13-14,18-19H2,1-4H3. The van der Waals surface area contributed by atoms with Crippen LogP contribution in [0.2, 0.25) is 0 Å². The molecule has 1 atom stereocenters. The highest BCUT2D eigenvalue weighted by Gasteiger charge is 2.26. The molecule has 4 aromatic rings. The zero-order valence-electron chi connectivity index (χ0n) is 22.9. The average Bonchev–Trinajstić information content (AvgIpc) is 3.35. The van der Waals surface area contributed by atoms with Crippen molar-refractivity contribution in [1.82, 2.24) is 19.9 Å². The predicted molar refractivity (Wildman–Crippen MR) is 149 cm³/mol. The number of nitrogens with zero attached hydrogens (tertiary/aromatic N) is 4. The molecule has 0 bridgehead atoms. The number of aryl methyl sites for hydroxylation is 2. The minimum Gasteiger partial charge on any atom is -0.494 e. The van der Waals surface area contributed by atoms with E-state index >= 15 is 0 Å². The van der Waals surface area contributed by atoms with E-state index in [1.807, 2.05) is 55.3 Å². The van der Waals surface area contributed by atoms with Crippen molar-refractivity contribution in [3.8, 4) is 5.75 Å². The van der Waals surface area contributed by atoms with Gasteiger partial charge in [-0.2, -0.15) is 0 Å². The topological polar surface area (TPSA) is 86.6 Å². The van der Waals surface area contributed by atoms with Crippen LogP contribution in [0.5, 0.6) is 5.75 Å². The first kappa shape index (κ1) is 26.4. The molecule has 0 spiro atoms. The summed E-state index contributed by atoms with van der Waals surface area (Å²) in [4.78, 5) is 27.9. The van der Waals surface area contributed by atoms with Gasteiger partial charge in [-0.05, 0) is 71.8 Å². The molecule has 0 fully saturated rings. The van der Waals surface area contributed by atoms with Gasteiger partial charge in [0, 0.05) is 31.6 Å². The van der Waals surface area contributed by atoms with Crippen molar-refractivity contribution in [3.63, 3.8) is 0 Å². The average molecular weight is 527 g/mol. The van der Waals surface area contributed by atoms with Crippen molar-refractivity contribution < 1.29 is 19.1 Å². The molecule has 1 amide bonds. The Morgan fingerprint density at radius 1 is 1.00 bits per heavy atom. The molecule has 202 valence electrons. The number of carbonyl (C=O) groups excluding carboxylic acids is 2. The molecule has 3 aromatic carbocycles. The predicted octanol–water partition coefficient (Wildman–Crippen LogP) is 4.82. The van der Waals surface area contributed by atoms with E-state index in [4.69, 9.17) is 9.47 Å². The molecule has 2 heterocycles. The monoisotopic (exact) mass is 526 g/mol. The van der Waals surface area contributed by atoms with E-state index in [-0.39, 0.29) is 24.2 Å². The van der Waals surface area contributed by atoms with Crippen LogP contribution in [0.4, 0.5) is 0 Å². The lowest BCUT2D eigenvalue weighted by atomic mass is 9.85. The number of benzene rings is 3. The third-order valence-electron chi connectivity index (χ3n) is 7.53. The quantitative estimate of drug-likeness (QED) is 0.306. The summed E-state index contributed by atoms with van der Waals surface area (Å²) in [5.41, 5.74) is 7.61. The van der Waals surface area contributed by atoms with E-state index in [2.05, 4.69) is 35.4 Å². The number of fused-ring (bicyclic) bond motifs is 2. The number of rotatable bonds is 8. The first-order chi connectivity index (χ1) is 18.9. The van der Waals surface area contributed by atoms with Crippen molar-refractivity contribution in [2.45, 2.75) is 45.6 Å². The Morgan fingerprint density at radius 2 is 1.79 bits per heavy atom. The maximum absolute atomic E-state index is 13.3. The zero-order valence-corrected chi connectivity index (χ0v) is 22.9. The fraction of sp³-hybridized carbons (Fsp3) is 0.355. The minimum atomic E-state index is -0.276. The molecule has 0 radical (unpaired) electrons. The first-order valence-corrected chi connectivity index (χ1v) is 13.4. The van der Waals surface area contributed by atoms with Crippen LogP contribution >= 0.6 is 0 Å². The van der Waals surface area contributed by atoms with Gasteiger partial charge in [-0.1, -0.05) is 42.5 Å². The van der Waals surface area contributed by atoms with E-state index < -0.39 is 0 Å². The lowest BCUT2D eigenvalue weighted by molar-refractivity contribution is -0.143. The summed E-state index contributed by atoms with van der Waals surface area (Å²) in [5, 5.41) is 8.43. The van der Waals surface area contributed by atoms with Gasteiger partial charge in [0.05, 0.1) is 20.1 Å². The number of hydrogen-bond donors (Lipinski definition) is 0. The Kier molecular flexibility index (Phi) is 7.63. The normalized spacial score (nSPS) is 13.7. The Hall–Kier alpha value is -4.20. The van der Waals surface area contributed by atoms with Gasteiger partial charge < -0.3 is 14.4 Å². The Labute approximate surface area is 228 Å². The van der Waals surface area contributed by atoms with E-state index in [1.165, 1.54) is 11.1 Å². The number of esters is 1. The second-order valence-corrected chi connectivity index (χ2v) is 9.92. The Morgan fingerprint density at radius 3 is 2.51 bits per heavy atom. The van der Waals surface area contributed by atoms with Crippen molar-refractivity contribution in [2.75, 3.05) is 20.3 Å². The van der Waals surface area contributed by atoms with E-state index in [0.717, 1.165) is 35.0 Å². The fourth-order valence-electron chi connectivity index (χ4n) is 5.38. The molecule has 0 N–H and O–H groups in total. The molecular weight excluding hydrogens is 492 g/mol. The van der Waals surface area contributed by atoms with Crippen LogP contribution in [-0.4, -0.2) is 52.0 Å². The molecule has 8 heteroatoms. The summed E-state index contributed by atoms with van der Waals surface area (Å²) in [5.74, 6) is 0.135. The minimum absolute atomic E-state index is 0.0367. The summed E-state index contributed by atoms with van der Waals surface area (Å²) >= 11 is 0. The fourth-order valence-corrected chi connectivity index (χ4v) is 5.38. The second-order valence-electron chi connectivity index (χ2n) is 9.92. The highest BCUT2D eigenvalue weighted by molar-refractivity contribution is 5.94. The number of hydrogen-bond acceptors (Lipinski definition) is 6. The van der Waals surface area contributed by atoms with Crippen molar-refractivity contribution in [1.29, 1.82) is 0 Å². The van der Waals surface area contributed by atoms with E-state index in [9.17, 15) is 9.59 Å². The molecule has 8 nitrogen and oxygen atoms in total. The number of methoxy groups -OCH3 is 1. The van der Waals surface area contributed by atoms with Gasteiger partial charge in [-0.3, -0.25) is 9.59 Å². The first-order valence-electron chi connectivity index (χ1n) is 13.4. The number of carbonyl (C=O) groups is 2. The smallest absolute Gasteiger partial charge is 0.306 e. The maximum atomic E-state index is 13.3. The summed E-state index contributed by atoms with van der Waals surface area (Å²) in [7, 11) is 3.44. The lowest BCUT2D eigenvalue weighted by Crippen LogP contribution is -2.36. The van der Waals surface area contributed by atoms with Gasteiger partial charge in [0.25, 0.3) is 5.91 Å². The Balaban J connectivity index is 1.48. The van der Waals surface area contributed by atoms with Crippen molar-refractivity contribution >= 4 is 22.9 Å². The molecular formula is C31H34N4O4. The van der Waals surface area contributed by atoms with Crippen LogP contribution in [0.25, 0.3) is 11.0 Å². The van der Waals surface area contributed by atoms with Crippen LogP contribution in [-0.2, 0) is 36.0 Å². The molecule has 39 heavy (non-hydrogen) atoms. The largest absolute Gasteiger partial charge is 0.494 e. The summed E-state index contributed by atoms with van der Waals surface area (Å²) in [6.45, 7) is 5.43. The third kappa shape index (κ3) is 5.37. The maximum Gasteiger partial charge on any atom is 0.306 e. The molecule has 0 aliphatic carbocycles. The molecule has 1 aliphatic rings. The van der Waals surface area contributed by atoms with Crippen LogP contribution in [0.1, 0.15) is 64.4 Å². The highest BCUT2D eigenvalue weighted by atomic mass is 16.5. The molecule has 5 rings (SSSR count). The Bertz CT molecular complexity index is 1510.